The van der Waals surface area contributed by atoms with Gasteiger partial charge in [0.1, 0.15) is 10.8 Å². The van der Waals surface area contributed by atoms with Crippen LogP contribution < -0.4 is 0 Å². The maximum Gasteiger partial charge on any atom is 0.220 e. The molecule has 0 amide bonds. The average Bonchev–Trinajstić information content (AvgIpc) is 2.00. The highest BCUT2D eigenvalue weighted by Gasteiger charge is 2.40. The molecule has 1 aromatic rings. The molecule has 0 aromatic carbocycles. The van der Waals surface area contributed by atoms with Crippen LogP contribution in [0.25, 0.3) is 0 Å². The van der Waals surface area contributed by atoms with Crippen LogP contribution in [0.15, 0.2) is 12.1 Å². The van der Waals surface area contributed by atoms with Gasteiger partial charge in [0.25, 0.3) is 0 Å². The smallest absolute Gasteiger partial charge is 0.220 e. The first-order valence-electron chi connectivity index (χ1n) is 3.74. The van der Waals surface area contributed by atoms with Crippen molar-refractivity contribution in [2.45, 2.75) is 5.60 Å². The lowest BCUT2D eigenvalue weighted by Gasteiger charge is -2.36. The summed E-state index contributed by atoms with van der Waals surface area (Å²) in [5, 5.41) is 9.78. The molecule has 1 fully saturated rings. The van der Waals surface area contributed by atoms with E-state index in [2.05, 4.69) is 4.98 Å². The second-order valence-electron chi connectivity index (χ2n) is 3.00. The number of pyridine rings is 1. The van der Waals surface area contributed by atoms with Gasteiger partial charge in [-0.15, -0.1) is 0 Å². The summed E-state index contributed by atoms with van der Waals surface area (Å²) in [7, 11) is 0. The van der Waals surface area contributed by atoms with Crippen molar-refractivity contribution in [2.24, 2.45) is 0 Å². The zero-order valence-electron chi connectivity index (χ0n) is 6.63. The molecule has 3 nitrogen and oxygen atoms in total. The summed E-state index contributed by atoms with van der Waals surface area (Å²) in [4.78, 5) is 3.40. The zero-order chi connectivity index (χ0) is 9.47. The maximum atomic E-state index is 13.2. The Morgan fingerprint density at radius 1 is 1.54 bits per heavy atom. The third-order valence-corrected chi connectivity index (χ3v) is 2.21. The minimum atomic E-state index is -1.22. The molecular weight excluding hydrogens is 197 g/mol. The molecule has 0 unspecified atom stereocenters. The summed E-state index contributed by atoms with van der Waals surface area (Å²) in [5.41, 5.74) is -1.08. The van der Waals surface area contributed by atoms with Gasteiger partial charge in [0.15, 0.2) is 0 Å². The number of hydrogen-bond donors (Lipinski definition) is 1. The van der Waals surface area contributed by atoms with E-state index in [0.717, 1.165) is 0 Å². The number of hydrogen-bond acceptors (Lipinski definition) is 3. The fourth-order valence-corrected chi connectivity index (χ4v) is 1.35. The maximum absolute atomic E-state index is 13.2. The lowest BCUT2D eigenvalue weighted by Crippen LogP contribution is -2.47. The first kappa shape index (κ1) is 8.87. The van der Waals surface area contributed by atoms with E-state index in [1.807, 2.05) is 0 Å². The normalized spacial score (nSPS) is 19.6. The monoisotopic (exact) mass is 203 g/mol. The highest BCUT2D eigenvalue weighted by Crippen LogP contribution is 2.30. The summed E-state index contributed by atoms with van der Waals surface area (Å²) in [6, 6.07) is 2.86. The van der Waals surface area contributed by atoms with Crippen LogP contribution in [0.2, 0.25) is 5.15 Å². The van der Waals surface area contributed by atoms with E-state index >= 15 is 0 Å². The molecule has 1 aliphatic rings. The van der Waals surface area contributed by atoms with Crippen molar-refractivity contribution >= 4 is 11.6 Å². The quantitative estimate of drug-likeness (QED) is 0.695. The van der Waals surface area contributed by atoms with Crippen molar-refractivity contribution in [3.05, 3.63) is 28.8 Å². The molecule has 1 saturated heterocycles. The number of aliphatic hydroxyl groups is 1. The largest absolute Gasteiger partial charge is 0.380 e. The standard InChI is InChI=1S/C8H7ClFNO2/c9-6-2-1-5(7(10)11-6)8(12)3-13-4-8/h1-2,12H,3-4H2. The summed E-state index contributed by atoms with van der Waals surface area (Å²) in [5.74, 6) is -0.738. The van der Waals surface area contributed by atoms with Crippen molar-refractivity contribution in [1.82, 2.24) is 4.98 Å². The molecule has 0 bridgehead atoms. The van der Waals surface area contributed by atoms with Crippen LogP contribution >= 0.6 is 11.6 Å². The highest BCUT2D eigenvalue weighted by atomic mass is 35.5. The lowest BCUT2D eigenvalue weighted by atomic mass is 9.93. The molecular formula is C8H7ClFNO2. The van der Waals surface area contributed by atoms with E-state index in [9.17, 15) is 9.50 Å². The van der Waals surface area contributed by atoms with Gasteiger partial charge in [0, 0.05) is 5.56 Å². The second kappa shape index (κ2) is 2.90. The van der Waals surface area contributed by atoms with E-state index in [1.54, 1.807) is 0 Å². The Labute approximate surface area is 79.1 Å². The SMILES string of the molecule is OC1(c2ccc(Cl)nc2F)COC1. The molecule has 2 heterocycles. The minimum absolute atomic E-state index is 0.0742. The van der Waals surface area contributed by atoms with Crippen LogP contribution in [-0.4, -0.2) is 23.3 Å². The topological polar surface area (TPSA) is 42.4 Å². The van der Waals surface area contributed by atoms with Gasteiger partial charge < -0.3 is 9.84 Å². The number of ether oxygens (including phenoxy) is 1. The molecule has 2 rings (SSSR count). The molecule has 0 radical (unpaired) electrons. The van der Waals surface area contributed by atoms with E-state index in [-0.39, 0.29) is 23.9 Å². The van der Waals surface area contributed by atoms with Gasteiger partial charge in [-0.25, -0.2) is 4.98 Å². The van der Waals surface area contributed by atoms with Crippen molar-refractivity contribution in [3.8, 4) is 0 Å². The predicted molar refractivity (Wildman–Crippen MR) is 43.9 cm³/mol. The van der Waals surface area contributed by atoms with Crippen LogP contribution in [0.4, 0.5) is 4.39 Å². The van der Waals surface area contributed by atoms with Gasteiger partial charge in [-0.05, 0) is 12.1 Å². The van der Waals surface area contributed by atoms with Gasteiger partial charge in [0.05, 0.1) is 13.2 Å². The summed E-state index contributed by atoms with van der Waals surface area (Å²) in [6.45, 7) is 0.209. The Kier molecular flexibility index (Phi) is 1.98. The fourth-order valence-electron chi connectivity index (χ4n) is 1.21. The lowest BCUT2D eigenvalue weighted by molar-refractivity contribution is -0.186. The fraction of sp³-hybridized carbons (Fsp3) is 0.375. The molecule has 0 spiro atoms. The molecule has 13 heavy (non-hydrogen) atoms. The second-order valence-corrected chi connectivity index (χ2v) is 3.38. The number of nitrogens with zero attached hydrogens (tertiary/aromatic N) is 1. The van der Waals surface area contributed by atoms with Crippen LogP contribution in [0.1, 0.15) is 5.56 Å². The van der Waals surface area contributed by atoms with Crippen molar-refractivity contribution in [3.63, 3.8) is 0 Å². The van der Waals surface area contributed by atoms with Crippen LogP contribution in [0.3, 0.4) is 0 Å². The van der Waals surface area contributed by atoms with Crippen LogP contribution in [0, 0.1) is 5.95 Å². The van der Waals surface area contributed by atoms with Gasteiger partial charge in [0.2, 0.25) is 5.95 Å². The van der Waals surface area contributed by atoms with Crippen molar-refractivity contribution in [2.75, 3.05) is 13.2 Å². The zero-order valence-corrected chi connectivity index (χ0v) is 7.38. The molecule has 1 aliphatic heterocycles. The predicted octanol–water partition coefficient (Wildman–Crippen LogP) is 1.09. The first-order chi connectivity index (χ1) is 6.12. The van der Waals surface area contributed by atoms with Gasteiger partial charge in [-0.1, -0.05) is 11.6 Å². The Hall–Kier alpha value is -0.710. The Bertz CT molecular complexity index is 341. The molecule has 0 atom stereocenters. The van der Waals surface area contributed by atoms with Gasteiger partial charge >= 0.3 is 0 Å². The Morgan fingerprint density at radius 2 is 2.23 bits per heavy atom. The number of rotatable bonds is 1. The van der Waals surface area contributed by atoms with Crippen LogP contribution in [0.5, 0.6) is 0 Å². The molecule has 1 N–H and O–H groups in total. The highest BCUT2D eigenvalue weighted by molar-refractivity contribution is 6.29. The van der Waals surface area contributed by atoms with E-state index in [4.69, 9.17) is 16.3 Å². The van der Waals surface area contributed by atoms with E-state index in [1.165, 1.54) is 12.1 Å². The summed E-state index contributed by atoms with van der Waals surface area (Å²) >= 11 is 5.46. The Balaban J connectivity index is 2.40. The summed E-state index contributed by atoms with van der Waals surface area (Å²) in [6.07, 6.45) is 0. The van der Waals surface area contributed by atoms with Crippen molar-refractivity contribution in [1.29, 1.82) is 0 Å². The van der Waals surface area contributed by atoms with Crippen LogP contribution in [-0.2, 0) is 10.3 Å². The van der Waals surface area contributed by atoms with E-state index in [0.29, 0.717) is 0 Å². The third kappa shape index (κ3) is 1.41. The first-order valence-corrected chi connectivity index (χ1v) is 4.12. The van der Waals surface area contributed by atoms with Gasteiger partial charge in [-0.3, -0.25) is 0 Å². The molecule has 5 heteroatoms. The summed E-state index contributed by atoms with van der Waals surface area (Å²) < 4.78 is 18.0. The number of aromatic nitrogens is 1. The van der Waals surface area contributed by atoms with Crippen molar-refractivity contribution < 1.29 is 14.2 Å². The minimum Gasteiger partial charge on any atom is -0.380 e. The Morgan fingerprint density at radius 3 is 2.69 bits per heavy atom. The number of halogens is 2. The average molecular weight is 204 g/mol. The molecule has 0 aliphatic carbocycles. The third-order valence-electron chi connectivity index (χ3n) is 2.00. The molecule has 1 aromatic heterocycles. The molecule has 0 saturated carbocycles. The van der Waals surface area contributed by atoms with Gasteiger partial charge in [-0.2, -0.15) is 4.39 Å². The van der Waals surface area contributed by atoms with E-state index < -0.39 is 11.5 Å². The molecule has 70 valence electrons.